The molecule has 0 aromatic carbocycles. The van der Waals surface area contributed by atoms with Crippen LogP contribution in [0.5, 0.6) is 0 Å². The first-order chi connectivity index (χ1) is 8.77. The van der Waals surface area contributed by atoms with Gasteiger partial charge in [0.15, 0.2) is 0 Å². The fourth-order valence-corrected chi connectivity index (χ4v) is 6.31. The highest BCUT2D eigenvalue weighted by Crippen LogP contribution is 2.65. The van der Waals surface area contributed by atoms with Crippen LogP contribution in [0.3, 0.4) is 0 Å². The minimum Gasteiger partial charge on any atom is -0.314 e. The van der Waals surface area contributed by atoms with Gasteiger partial charge in [-0.1, -0.05) is 6.92 Å². The van der Waals surface area contributed by atoms with Crippen molar-refractivity contribution >= 4 is 0 Å². The summed E-state index contributed by atoms with van der Waals surface area (Å²) in [5.41, 5.74) is 0.832. The molecule has 0 spiro atoms. The van der Waals surface area contributed by atoms with Crippen LogP contribution in [-0.2, 0) is 0 Å². The van der Waals surface area contributed by atoms with Crippen molar-refractivity contribution in [1.82, 2.24) is 5.32 Å². The number of rotatable bonds is 4. The predicted octanol–water partition coefficient (Wildman–Crippen LogP) is 3.98. The van der Waals surface area contributed by atoms with Crippen LogP contribution in [0.15, 0.2) is 0 Å². The van der Waals surface area contributed by atoms with Gasteiger partial charge >= 0.3 is 0 Å². The Labute approximate surface area is 112 Å². The molecule has 1 heteroatoms. The van der Waals surface area contributed by atoms with Crippen molar-refractivity contribution in [3.05, 3.63) is 0 Å². The molecule has 0 unspecified atom stereocenters. The molecule has 5 fully saturated rings. The lowest BCUT2D eigenvalue weighted by Crippen LogP contribution is -2.55. The summed E-state index contributed by atoms with van der Waals surface area (Å²) in [6.45, 7) is 3.51. The van der Waals surface area contributed by atoms with E-state index in [0.29, 0.717) is 0 Å². The second-order valence-corrected chi connectivity index (χ2v) is 8.10. The van der Waals surface area contributed by atoms with Gasteiger partial charge in [-0.15, -0.1) is 0 Å². The van der Waals surface area contributed by atoms with Crippen molar-refractivity contribution in [3.8, 4) is 0 Å². The summed E-state index contributed by atoms with van der Waals surface area (Å²) in [5, 5.41) is 3.73. The highest BCUT2D eigenvalue weighted by atomic mass is 14.9. The first kappa shape index (κ1) is 11.8. The molecule has 0 saturated heterocycles. The van der Waals surface area contributed by atoms with Gasteiger partial charge in [0.1, 0.15) is 0 Å². The summed E-state index contributed by atoms with van der Waals surface area (Å²) in [5.74, 6) is 4.51. The van der Waals surface area contributed by atoms with E-state index in [0.717, 1.165) is 35.1 Å². The van der Waals surface area contributed by atoms with Gasteiger partial charge in [-0.25, -0.2) is 0 Å². The SMILES string of the molecule is CCCNC1CC(C23CC4CC(CC(C4)C2)C3)C1. The van der Waals surface area contributed by atoms with Gasteiger partial charge in [0.2, 0.25) is 0 Å². The minimum absolute atomic E-state index is 0.832. The zero-order chi connectivity index (χ0) is 12.2. The van der Waals surface area contributed by atoms with E-state index in [1.807, 2.05) is 0 Å². The van der Waals surface area contributed by atoms with Crippen LogP contribution >= 0.6 is 0 Å². The van der Waals surface area contributed by atoms with Gasteiger partial charge in [-0.2, -0.15) is 0 Å². The topological polar surface area (TPSA) is 12.0 Å². The predicted molar refractivity (Wildman–Crippen MR) is 75.4 cm³/mol. The maximum atomic E-state index is 3.73. The molecule has 0 aliphatic heterocycles. The van der Waals surface area contributed by atoms with Crippen molar-refractivity contribution < 1.29 is 0 Å². The third-order valence-corrected chi connectivity index (χ3v) is 6.77. The molecule has 0 heterocycles. The number of hydrogen-bond acceptors (Lipinski definition) is 1. The molecule has 0 aromatic rings. The fraction of sp³-hybridized carbons (Fsp3) is 1.00. The first-order valence-electron chi connectivity index (χ1n) is 8.51. The largest absolute Gasteiger partial charge is 0.314 e. The Balaban J connectivity index is 1.40. The van der Waals surface area contributed by atoms with Crippen molar-refractivity contribution in [3.63, 3.8) is 0 Å². The molecule has 102 valence electrons. The van der Waals surface area contributed by atoms with Crippen molar-refractivity contribution in [1.29, 1.82) is 0 Å². The van der Waals surface area contributed by atoms with E-state index in [4.69, 9.17) is 0 Å². The maximum absolute atomic E-state index is 3.73. The van der Waals surface area contributed by atoms with Crippen LogP contribution in [0, 0.1) is 29.1 Å². The molecule has 0 atom stereocenters. The van der Waals surface area contributed by atoms with Gasteiger partial charge in [0, 0.05) is 6.04 Å². The zero-order valence-corrected chi connectivity index (χ0v) is 12.0. The lowest BCUT2D eigenvalue weighted by atomic mass is 9.43. The monoisotopic (exact) mass is 247 g/mol. The minimum atomic E-state index is 0.832. The second-order valence-electron chi connectivity index (χ2n) is 8.10. The molecule has 0 radical (unpaired) electrons. The third-order valence-electron chi connectivity index (χ3n) is 6.77. The van der Waals surface area contributed by atoms with E-state index in [9.17, 15) is 0 Å². The standard InChI is InChI=1S/C17H29N/c1-2-3-18-16-7-15(8-16)17-9-12-4-13(10-17)6-14(5-12)11-17/h12-16,18H,2-11H2,1H3. The molecule has 1 nitrogen and oxygen atoms in total. The van der Waals surface area contributed by atoms with Crippen molar-refractivity contribution in [2.24, 2.45) is 29.1 Å². The summed E-state index contributed by atoms with van der Waals surface area (Å²) in [6, 6.07) is 0.878. The molecule has 0 aromatic heterocycles. The summed E-state index contributed by atoms with van der Waals surface area (Å²) in [7, 11) is 0. The molecular formula is C17H29N. The van der Waals surface area contributed by atoms with E-state index in [-0.39, 0.29) is 0 Å². The van der Waals surface area contributed by atoms with Crippen molar-refractivity contribution in [2.45, 2.75) is 70.8 Å². The van der Waals surface area contributed by atoms with Crippen LogP contribution in [0.25, 0.3) is 0 Å². The average molecular weight is 247 g/mol. The smallest absolute Gasteiger partial charge is 0.00727 e. The van der Waals surface area contributed by atoms with E-state index in [2.05, 4.69) is 12.2 Å². The van der Waals surface area contributed by atoms with Crippen LogP contribution in [0.1, 0.15) is 64.7 Å². The number of nitrogens with one attached hydrogen (secondary N) is 1. The van der Waals surface area contributed by atoms with Gasteiger partial charge in [0.05, 0.1) is 0 Å². The van der Waals surface area contributed by atoms with E-state index in [1.54, 1.807) is 38.5 Å². The molecule has 0 amide bonds. The van der Waals surface area contributed by atoms with E-state index >= 15 is 0 Å². The van der Waals surface area contributed by atoms with Crippen molar-refractivity contribution in [2.75, 3.05) is 6.54 Å². The zero-order valence-electron chi connectivity index (χ0n) is 12.0. The van der Waals surface area contributed by atoms with Gasteiger partial charge in [-0.3, -0.25) is 0 Å². The Kier molecular flexibility index (Phi) is 2.76. The van der Waals surface area contributed by atoms with Crippen LogP contribution in [0.2, 0.25) is 0 Å². The highest BCUT2D eigenvalue weighted by molar-refractivity contribution is 5.07. The Morgan fingerprint density at radius 2 is 1.44 bits per heavy atom. The Morgan fingerprint density at radius 1 is 0.889 bits per heavy atom. The van der Waals surface area contributed by atoms with E-state index in [1.165, 1.54) is 25.8 Å². The summed E-state index contributed by atoms with van der Waals surface area (Å²) >= 11 is 0. The first-order valence-corrected chi connectivity index (χ1v) is 8.51. The average Bonchev–Trinajstić information content (AvgIpc) is 2.24. The van der Waals surface area contributed by atoms with Crippen LogP contribution < -0.4 is 5.32 Å². The van der Waals surface area contributed by atoms with Crippen LogP contribution in [0.4, 0.5) is 0 Å². The van der Waals surface area contributed by atoms with Gasteiger partial charge in [-0.05, 0) is 93.4 Å². The maximum Gasteiger partial charge on any atom is 0.00727 e. The molecular weight excluding hydrogens is 218 g/mol. The molecule has 5 saturated carbocycles. The quantitative estimate of drug-likeness (QED) is 0.792. The number of hydrogen-bond donors (Lipinski definition) is 1. The normalized spacial score (nSPS) is 53.5. The van der Waals surface area contributed by atoms with Gasteiger partial charge in [0.25, 0.3) is 0 Å². The fourth-order valence-electron chi connectivity index (χ4n) is 6.31. The molecule has 5 rings (SSSR count). The summed E-state index contributed by atoms with van der Waals surface area (Å²) < 4.78 is 0. The Morgan fingerprint density at radius 3 is 1.94 bits per heavy atom. The summed E-state index contributed by atoms with van der Waals surface area (Å²) in [6.07, 6.45) is 14.0. The third kappa shape index (κ3) is 1.77. The lowest BCUT2D eigenvalue weighted by Gasteiger charge is -2.62. The Hall–Kier alpha value is -0.0400. The molecule has 1 N–H and O–H groups in total. The summed E-state index contributed by atoms with van der Waals surface area (Å²) in [4.78, 5) is 0. The second kappa shape index (κ2) is 4.23. The van der Waals surface area contributed by atoms with Crippen LogP contribution in [-0.4, -0.2) is 12.6 Å². The molecule has 18 heavy (non-hydrogen) atoms. The highest BCUT2D eigenvalue weighted by Gasteiger charge is 2.56. The molecule has 5 aliphatic rings. The molecule has 5 aliphatic carbocycles. The molecule has 4 bridgehead atoms. The lowest BCUT2D eigenvalue weighted by molar-refractivity contribution is -0.112. The van der Waals surface area contributed by atoms with E-state index < -0.39 is 0 Å². The Bertz CT molecular complexity index is 280. The van der Waals surface area contributed by atoms with Gasteiger partial charge < -0.3 is 5.32 Å².